The van der Waals surface area contributed by atoms with Gasteiger partial charge in [-0.25, -0.2) is 0 Å². The Kier molecular flexibility index (Phi) is 2.67. The molecule has 94 valence electrons. The van der Waals surface area contributed by atoms with E-state index in [4.69, 9.17) is 22.1 Å². The number of hydrogen-bond donors (Lipinski definition) is 2. The van der Waals surface area contributed by atoms with Crippen LogP contribution in [0.5, 0.6) is 5.75 Å². The molecule has 1 aromatic heterocycles. The third kappa shape index (κ3) is 1.82. The number of rotatable bonds is 3. The third-order valence-electron chi connectivity index (χ3n) is 3.24. The van der Waals surface area contributed by atoms with Crippen LogP contribution in [0.3, 0.4) is 0 Å². The van der Waals surface area contributed by atoms with Crippen LogP contribution in [0, 0.1) is 0 Å². The predicted octanol–water partition coefficient (Wildman–Crippen LogP) is 3.20. The molecule has 0 spiro atoms. The van der Waals surface area contributed by atoms with Gasteiger partial charge in [-0.3, -0.25) is 5.10 Å². The minimum absolute atomic E-state index is 0.498. The summed E-state index contributed by atoms with van der Waals surface area (Å²) in [6, 6.07) is 5.52. The highest BCUT2D eigenvalue weighted by atomic mass is 35.5. The number of nitrogens with zero attached hydrogens (tertiary/aromatic N) is 1. The maximum atomic E-state index is 6.06. The molecule has 1 heterocycles. The number of hydrogen-bond acceptors (Lipinski definition) is 3. The van der Waals surface area contributed by atoms with Crippen LogP contribution >= 0.6 is 11.6 Å². The zero-order valence-electron chi connectivity index (χ0n) is 10.0. The van der Waals surface area contributed by atoms with Gasteiger partial charge in [-0.15, -0.1) is 0 Å². The number of methoxy groups -OCH3 is 1. The van der Waals surface area contributed by atoms with E-state index < -0.39 is 0 Å². The molecule has 0 atom stereocenters. The molecule has 2 aromatic rings. The molecule has 0 aliphatic heterocycles. The van der Waals surface area contributed by atoms with E-state index in [1.807, 2.05) is 12.1 Å². The van der Waals surface area contributed by atoms with Gasteiger partial charge in [0.05, 0.1) is 12.7 Å². The summed E-state index contributed by atoms with van der Waals surface area (Å²) in [5.41, 5.74) is 8.89. The molecule has 1 aromatic carbocycles. The van der Waals surface area contributed by atoms with Gasteiger partial charge in [0.2, 0.25) is 0 Å². The molecular formula is C13H14ClN3O. The first-order valence-electron chi connectivity index (χ1n) is 5.88. The smallest absolute Gasteiger partial charge is 0.153 e. The van der Waals surface area contributed by atoms with Gasteiger partial charge in [-0.05, 0) is 31.0 Å². The first-order valence-corrected chi connectivity index (χ1v) is 6.26. The molecular weight excluding hydrogens is 250 g/mol. The molecule has 1 fully saturated rings. The Morgan fingerprint density at radius 2 is 2.22 bits per heavy atom. The monoisotopic (exact) mass is 263 g/mol. The summed E-state index contributed by atoms with van der Waals surface area (Å²) in [5, 5.41) is 7.81. The number of nitrogen functional groups attached to an aromatic ring is 1. The molecule has 3 rings (SSSR count). The highest BCUT2D eigenvalue weighted by molar-refractivity contribution is 6.31. The van der Waals surface area contributed by atoms with E-state index in [1.165, 1.54) is 12.8 Å². The zero-order valence-corrected chi connectivity index (χ0v) is 10.8. The second-order valence-electron chi connectivity index (χ2n) is 4.52. The summed E-state index contributed by atoms with van der Waals surface area (Å²) in [5.74, 6) is 1.79. The molecule has 18 heavy (non-hydrogen) atoms. The topological polar surface area (TPSA) is 63.9 Å². The lowest BCUT2D eigenvalue weighted by Crippen LogP contribution is -1.93. The van der Waals surface area contributed by atoms with Crippen LogP contribution in [0.2, 0.25) is 5.02 Å². The maximum absolute atomic E-state index is 6.06. The molecule has 0 radical (unpaired) electrons. The van der Waals surface area contributed by atoms with E-state index in [1.54, 1.807) is 13.2 Å². The van der Waals surface area contributed by atoms with Crippen LogP contribution in [-0.4, -0.2) is 17.3 Å². The number of nitrogens with two attached hydrogens (primary N) is 1. The van der Waals surface area contributed by atoms with Crippen molar-refractivity contribution in [1.82, 2.24) is 10.2 Å². The van der Waals surface area contributed by atoms with Crippen molar-refractivity contribution >= 4 is 17.4 Å². The normalized spacial score (nSPS) is 14.8. The van der Waals surface area contributed by atoms with Crippen LogP contribution in [0.1, 0.15) is 24.5 Å². The molecule has 0 amide bonds. The molecule has 1 aliphatic carbocycles. The van der Waals surface area contributed by atoms with E-state index in [0.717, 1.165) is 22.6 Å². The SMILES string of the molecule is COc1ccc(Cl)cc1-c1c(N)n[nH]c1C1CC1. The lowest BCUT2D eigenvalue weighted by atomic mass is 10.0. The highest BCUT2D eigenvalue weighted by Gasteiger charge is 2.30. The second kappa shape index (κ2) is 4.21. The fourth-order valence-electron chi connectivity index (χ4n) is 2.20. The first-order chi connectivity index (χ1) is 8.70. The van der Waals surface area contributed by atoms with Crippen molar-refractivity contribution in [1.29, 1.82) is 0 Å². The molecule has 5 heteroatoms. The van der Waals surface area contributed by atoms with Crippen molar-refractivity contribution in [2.45, 2.75) is 18.8 Å². The number of aromatic amines is 1. The Balaban J connectivity index is 2.19. The van der Waals surface area contributed by atoms with E-state index in [0.29, 0.717) is 16.8 Å². The van der Waals surface area contributed by atoms with Gasteiger partial charge in [-0.1, -0.05) is 11.6 Å². The number of benzene rings is 1. The summed E-state index contributed by atoms with van der Waals surface area (Å²) in [6.45, 7) is 0. The van der Waals surface area contributed by atoms with Crippen LogP contribution in [-0.2, 0) is 0 Å². The average Bonchev–Trinajstić information content (AvgIpc) is 3.13. The Bertz CT molecular complexity index is 590. The van der Waals surface area contributed by atoms with Crippen molar-refractivity contribution in [2.24, 2.45) is 0 Å². The minimum atomic E-state index is 0.498. The fourth-order valence-corrected chi connectivity index (χ4v) is 2.37. The Morgan fingerprint density at radius 3 is 2.89 bits per heavy atom. The van der Waals surface area contributed by atoms with Gasteiger partial charge in [0, 0.05) is 22.2 Å². The van der Waals surface area contributed by atoms with E-state index in [9.17, 15) is 0 Å². The van der Waals surface area contributed by atoms with Crippen LogP contribution in [0.4, 0.5) is 5.82 Å². The number of anilines is 1. The number of nitrogens with one attached hydrogen (secondary N) is 1. The molecule has 0 saturated heterocycles. The minimum Gasteiger partial charge on any atom is -0.496 e. The van der Waals surface area contributed by atoms with E-state index in [2.05, 4.69) is 10.2 Å². The highest BCUT2D eigenvalue weighted by Crippen LogP contribution is 2.47. The van der Waals surface area contributed by atoms with Crippen LogP contribution in [0.25, 0.3) is 11.1 Å². The molecule has 1 saturated carbocycles. The van der Waals surface area contributed by atoms with E-state index in [-0.39, 0.29) is 0 Å². The summed E-state index contributed by atoms with van der Waals surface area (Å²) in [7, 11) is 1.64. The summed E-state index contributed by atoms with van der Waals surface area (Å²) in [4.78, 5) is 0. The summed E-state index contributed by atoms with van der Waals surface area (Å²) >= 11 is 6.06. The van der Waals surface area contributed by atoms with E-state index >= 15 is 0 Å². The number of halogens is 1. The number of ether oxygens (including phenoxy) is 1. The maximum Gasteiger partial charge on any atom is 0.153 e. The Hall–Kier alpha value is -1.68. The third-order valence-corrected chi connectivity index (χ3v) is 3.47. The standard InChI is InChI=1S/C13H14ClN3O/c1-18-10-5-4-8(14)6-9(10)11-12(7-2-3-7)16-17-13(11)15/h4-7H,2-3H2,1H3,(H3,15,16,17). The van der Waals surface area contributed by atoms with Crippen molar-refractivity contribution in [3.63, 3.8) is 0 Å². The van der Waals surface area contributed by atoms with Crippen LogP contribution in [0.15, 0.2) is 18.2 Å². The number of H-pyrrole nitrogens is 1. The second-order valence-corrected chi connectivity index (χ2v) is 4.95. The average molecular weight is 264 g/mol. The fraction of sp³-hybridized carbons (Fsp3) is 0.308. The van der Waals surface area contributed by atoms with Crippen molar-refractivity contribution in [3.05, 3.63) is 28.9 Å². The molecule has 1 aliphatic rings. The van der Waals surface area contributed by atoms with Crippen molar-refractivity contribution in [3.8, 4) is 16.9 Å². The van der Waals surface area contributed by atoms with Crippen LogP contribution < -0.4 is 10.5 Å². The van der Waals surface area contributed by atoms with Gasteiger partial charge in [0.1, 0.15) is 5.75 Å². The van der Waals surface area contributed by atoms with Gasteiger partial charge < -0.3 is 10.5 Å². The zero-order chi connectivity index (χ0) is 12.7. The van der Waals surface area contributed by atoms with Crippen molar-refractivity contribution < 1.29 is 4.74 Å². The molecule has 0 unspecified atom stereocenters. The molecule has 0 bridgehead atoms. The number of aromatic nitrogens is 2. The predicted molar refractivity (Wildman–Crippen MR) is 72.0 cm³/mol. The van der Waals surface area contributed by atoms with Gasteiger partial charge in [0.15, 0.2) is 5.82 Å². The first kappa shape index (κ1) is 11.4. The van der Waals surface area contributed by atoms with Gasteiger partial charge in [-0.2, -0.15) is 5.10 Å². The van der Waals surface area contributed by atoms with Crippen molar-refractivity contribution in [2.75, 3.05) is 12.8 Å². The Morgan fingerprint density at radius 1 is 1.44 bits per heavy atom. The lowest BCUT2D eigenvalue weighted by molar-refractivity contribution is 0.416. The molecule has 3 N–H and O–H groups in total. The quantitative estimate of drug-likeness (QED) is 0.894. The Labute approximate surface area is 110 Å². The lowest BCUT2D eigenvalue weighted by Gasteiger charge is -2.10. The molecule has 4 nitrogen and oxygen atoms in total. The van der Waals surface area contributed by atoms with Gasteiger partial charge >= 0.3 is 0 Å². The largest absolute Gasteiger partial charge is 0.496 e. The summed E-state index contributed by atoms with van der Waals surface area (Å²) < 4.78 is 5.38. The summed E-state index contributed by atoms with van der Waals surface area (Å²) in [6.07, 6.45) is 2.36. The van der Waals surface area contributed by atoms with Gasteiger partial charge in [0.25, 0.3) is 0 Å².